The Morgan fingerprint density at radius 2 is 1.84 bits per heavy atom. The lowest BCUT2D eigenvalue weighted by Gasteiger charge is -2.23. The van der Waals surface area contributed by atoms with Crippen LogP contribution in [0.25, 0.3) is 0 Å². The monoisotopic (exact) mass is 351 g/mol. The van der Waals surface area contributed by atoms with Crippen molar-refractivity contribution in [2.24, 2.45) is 0 Å². The number of hydrogen-bond donors (Lipinski definition) is 1. The lowest BCUT2D eigenvalue weighted by atomic mass is 10.2. The molecule has 1 saturated heterocycles. The largest absolute Gasteiger partial charge is 0.459 e. The number of hydrogen-bond acceptors (Lipinski definition) is 5. The van der Waals surface area contributed by atoms with Crippen LogP contribution in [-0.2, 0) is 9.53 Å². The number of amides is 3. The number of ether oxygens (including phenoxy) is 1. The summed E-state index contributed by atoms with van der Waals surface area (Å²) in [6.45, 7) is 7.09. The number of rotatable bonds is 3. The van der Waals surface area contributed by atoms with Crippen LogP contribution >= 0.6 is 0 Å². The molecule has 1 aliphatic heterocycles. The SMILES string of the molecule is CC(C)(C)OC(=O)NCC(=O)N1CCCN(C(=O)c2ccco2)CC1. The highest BCUT2D eigenvalue weighted by Crippen LogP contribution is 2.10. The molecule has 3 amide bonds. The average Bonchev–Trinajstić information content (AvgIpc) is 2.94. The van der Waals surface area contributed by atoms with Gasteiger partial charge >= 0.3 is 6.09 Å². The number of furan rings is 1. The topological polar surface area (TPSA) is 92.1 Å². The summed E-state index contributed by atoms with van der Waals surface area (Å²) in [7, 11) is 0. The van der Waals surface area contributed by atoms with E-state index in [0.717, 1.165) is 0 Å². The van der Waals surface area contributed by atoms with Gasteiger partial charge in [-0.1, -0.05) is 0 Å². The molecule has 0 atom stereocenters. The molecule has 1 aromatic rings. The van der Waals surface area contributed by atoms with Crippen molar-refractivity contribution in [3.8, 4) is 0 Å². The number of carbonyl (C=O) groups is 3. The first kappa shape index (κ1) is 18.8. The molecule has 1 N–H and O–H groups in total. The highest BCUT2D eigenvalue weighted by Gasteiger charge is 2.24. The van der Waals surface area contributed by atoms with E-state index in [1.165, 1.54) is 6.26 Å². The number of nitrogens with one attached hydrogen (secondary N) is 1. The molecule has 0 aliphatic carbocycles. The van der Waals surface area contributed by atoms with E-state index in [4.69, 9.17) is 9.15 Å². The zero-order valence-electron chi connectivity index (χ0n) is 14.9. The third kappa shape index (κ3) is 5.81. The van der Waals surface area contributed by atoms with E-state index in [0.29, 0.717) is 38.4 Å². The van der Waals surface area contributed by atoms with Crippen LogP contribution in [0.3, 0.4) is 0 Å². The van der Waals surface area contributed by atoms with Crippen molar-refractivity contribution in [1.29, 1.82) is 0 Å². The van der Waals surface area contributed by atoms with Gasteiger partial charge in [0.25, 0.3) is 5.91 Å². The van der Waals surface area contributed by atoms with Gasteiger partial charge in [-0.25, -0.2) is 4.79 Å². The Balaban J connectivity index is 1.81. The second kappa shape index (κ2) is 8.04. The van der Waals surface area contributed by atoms with Gasteiger partial charge in [-0.15, -0.1) is 0 Å². The van der Waals surface area contributed by atoms with Crippen molar-refractivity contribution in [2.75, 3.05) is 32.7 Å². The number of nitrogens with zero attached hydrogens (tertiary/aromatic N) is 2. The third-order valence-corrected chi connectivity index (χ3v) is 3.65. The van der Waals surface area contributed by atoms with Gasteiger partial charge in [0.2, 0.25) is 5.91 Å². The van der Waals surface area contributed by atoms with Crippen LogP contribution in [0, 0.1) is 0 Å². The van der Waals surface area contributed by atoms with Crippen molar-refractivity contribution < 1.29 is 23.5 Å². The molecule has 138 valence electrons. The Labute approximate surface area is 147 Å². The Hall–Kier alpha value is -2.51. The Morgan fingerprint density at radius 3 is 2.48 bits per heavy atom. The van der Waals surface area contributed by atoms with E-state index < -0.39 is 11.7 Å². The van der Waals surface area contributed by atoms with Crippen LogP contribution < -0.4 is 5.32 Å². The summed E-state index contributed by atoms with van der Waals surface area (Å²) in [6, 6.07) is 3.30. The molecule has 8 nitrogen and oxygen atoms in total. The van der Waals surface area contributed by atoms with Crippen molar-refractivity contribution in [1.82, 2.24) is 15.1 Å². The predicted octanol–water partition coefficient (Wildman–Crippen LogP) is 1.48. The first-order chi connectivity index (χ1) is 11.8. The summed E-state index contributed by atoms with van der Waals surface area (Å²) in [5.74, 6) is -0.0734. The zero-order chi connectivity index (χ0) is 18.4. The fraction of sp³-hybridized carbons (Fsp3) is 0.588. The maximum absolute atomic E-state index is 12.3. The molecule has 0 unspecified atom stereocenters. The molecule has 1 aliphatic rings. The lowest BCUT2D eigenvalue weighted by Crippen LogP contribution is -2.43. The molecule has 1 fully saturated rings. The standard InChI is InChI=1S/C17H25N3O5/c1-17(2,3)25-16(23)18-12-14(21)19-7-5-8-20(10-9-19)15(22)13-6-4-11-24-13/h4,6,11H,5,7-10,12H2,1-3H3,(H,18,23). The lowest BCUT2D eigenvalue weighted by molar-refractivity contribution is -0.130. The highest BCUT2D eigenvalue weighted by atomic mass is 16.6. The van der Waals surface area contributed by atoms with Gasteiger partial charge in [0.1, 0.15) is 12.1 Å². The smallest absolute Gasteiger partial charge is 0.408 e. The maximum Gasteiger partial charge on any atom is 0.408 e. The van der Waals surface area contributed by atoms with Gasteiger partial charge in [-0.2, -0.15) is 0 Å². The van der Waals surface area contributed by atoms with E-state index in [1.807, 2.05) is 0 Å². The number of carbonyl (C=O) groups excluding carboxylic acids is 3. The molecule has 0 radical (unpaired) electrons. The molecule has 8 heteroatoms. The Morgan fingerprint density at radius 1 is 1.16 bits per heavy atom. The summed E-state index contributed by atoms with van der Waals surface area (Å²) >= 11 is 0. The minimum absolute atomic E-state index is 0.124. The van der Waals surface area contributed by atoms with Crippen molar-refractivity contribution in [3.63, 3.8) is 0 Å². The highest BCUT2D eigenvalue weighted by molar-refractivity contribution is 5.91. The molecule has 0 spiro atoms. The van der Waals surface area contributed by atoms with Gasteiger partial charge < -0.3 is 24.3 Å². The molecule has 1 aromatic heterocycles. The third-order valence-electron chi connectivity index (χ3n) is 3.65. The molecule has 0 saturated carbocycles. The zero-order valence-corrected chi connectivity index (χ0v) is 14.9. The van der Waals surface area contributed by atoms with Crippen LogP contribution in [0.2, 0.25) is 0 Å². The van der Waals surface area contributed by atoms with Gasteiger partial charge in [0, 0.05) is 26.2 Å². The first-order valence-corrected chi connectivity index (χ1v) is 8.34. The fourth-order valence-corrected chi connectivity index (χ4v) is 2.50. The summed E-state index contributed by atoms with van der Waals surface area (Å²) in [5.41, 5.74) is -0.609. The Kier molecular flexibility index (Phi) is 6.06. The minimum atomic E-state index is -0.620. The van der Waals surface area contributed by atoms with Crippen molar-refractivity contribution in [2.45, 2.75) is 32.8 Å². The van der Waals surface area contributed by atoms with Gasteiger partial charge in [0.15, 0.2) is 5.76 Å². The van der Waals surface area contributed by atoms with E-state index >= 15 is 0 Å². The van der Waals surface area contributed by atoms with E-state index in [1.54, 1.807) is 42.7 Å². The van der Waals surface area contributed by atoms with Crippen LogP contribution in [0.1, 0.15) is 37.7 Å². The molecule has 0 bridgehead atoms. The average molecular weight is 351 g/mol. The molecule has 2 heterocycles. The normalized spacial score (nSPS) is 15.5. The summed E-state index contributed by atoms with van der Waals surface area (Å²) in [5, 5.41) is 2.47. The molecule has 2 rings (SSSR count). The molecule has 0 aromatic carbocycles. The van der Waals surface area contributed by atoms with Crippen molar-refractivity contribution in [3.05, 3.63) is 24.2 Å². The fourth-order valence-electron chi connectivity index (χ4n) is 2.50. The quantitative estimate of drug-likeness (QED) is 0.890. The molecular weight excluding hydrogens is 326 g/mol. The summed E-state index contributed by atoms with van der Waals surface area (Å²) < 4.78 is 10.2. The van der Waals surface area contributed by atoms with E-state index in [2.05, 4.69) is 5.32 Å². The van der Waals surface area contributed by atoms with Gasteiger partial charge in [0.05, 0.1) is 6.26 Å². The van der Waals surface area contributed by atoms with Crippen LogP contribution in [0.5, 0.6) is 0 Å². The van der Waals surface area contributed by atoms with Crippen LogP contribution in [-0.4, -0.2) is 66.0 Å². The molecule has 25 heavy (non-hydrogen) atoms. The van der Waals surface area contributed by atoms with Crippen molar-refractivity contribution >= 4 is 17.9 Å². The van der Waals surface area contributed by atoms with Crippen LogP contribution in [0.4, 0.5) is 4.79 Å². The summed E-state index contributed by atoms with van der Waals surface area (Å²) in [6.07, 6.45) is 1.51. The second-order valence-corrected chi connectivity index (χ2v) is 6.86. The minimum Gasteiger partial charge on any atom is -0.459 e. The Bertz CT molecular complexity index is 606. The summed E-state index contributed by atoms with van der Waals surface area (Å²) in [4.78, 5) is 39.5. The van der Waals surface area contributed by atoms with E-state index in [-0.39, 0.29) is 18.4 Å². The van der Waals surface area contributed by atoms with Gasteiger partial charge in [-0.3, -0.25) is 9.59 Å². The predicted molar refractivity (Wildman–Crippen MR) is 90.0 cm³/mol. The maximum atomic E-state index is 12.3. The van der Waals surface area contributed by atoms with Gasteiger partial charge in [-0.05, 0) is 39.3 Å². The number of alkyl carbamates (subject to hydrolysis) is 1. The molecular formula is C17H25N3O5. The second-order valence-electron chi connectivity index (χ2n) is 6.86. The first-order valence-electron chi connectivity index (χ1n) is 8.34. The van der Waals surface area contributed by atoms with E-state index in [9.17, 15) is 14.4 Å². The van der Waals surface area contributed by atoms with Crippen LogP contribution in [0.15, 0.2) is 22.8 Å².